The van der Waals surface area contributed by atoms with Crippen molar-refractivity contribution in [2.75, 3.05) is 13.1 Å². The van der Waals surface area contributed by atoms with E-state index in [0.29, 0.717) is 12.2 Å². The van der Waals surface area contributed by atoms with Crippen molar-refractivity contribution >= 4 is 0 Å². The highest BCUT2D eigenvalue weighted by Crippen LogP contribution is 2.22. The van der Waals surface area contributed by atoms with Crippen LogP contribution in [0.4, 0.5) is 0 Å². The van der Waals surface area contributed by atoms with Crippen LogP contribution in [0, 0.1) is 0 Å². The lowest BCUT2D eigenvalue weighted by Crippen LogP contribution is -2.16. The summed E-state index contributed by atoms with van der Waals surface area (Å²) in [4.78, 5) is 0. The summed E-state index contributed by atoms with van der Waals surface area (Å²) in [6.45, 7) is 6.55. The molecule has 0 aromatic carbocycles. The van der Waals surface area contributed by atoms with Gasteiger partial charge in [0.25, 0.3) is 0 Å². The van der Waals surface area contributed by atoms with E-state index in [9.17, 15) is 0 Å². The smallest absolute Gasteiger partial charge is 0.0580 e. The third-order valence-electron chi connectivity index (χ3n) is 2.45. The lowest BCUT2D eigenvalue weighted by molar-refractivity contribution is 0.0499. The van der Waals surface area contributed by atoms with E-state index in [4.69, 9.17) is 4.74 Å². The van der Waals surface area contributed by atoms with Crippen molar-refractivity contribution in [2.24, 2.45) is 0 Å². The summed E-state index contributed by atoms with van der Waals surface area (Å²) in [6.07, 6.45) is 6.08. The Balaban J connectivity index is 1.93. The maximum atomic E-state index is 5.71. The van der Waals surface area contributed by atoms with Gasteiger partial charge < -0.3 is 10.1 Å². The zero-order valence-electron chi connectivity index (χ0n) is 8.31. The summed E-state index contributed by atoms with van der Waals surface area (Å²) in [6, 6.07) is 0. The fraction of sp³-hybridized carbons (Fsp3) is 1.00. The van der Waals surface area contributed by atoms with Crippen molar-refractivity contribution in [3.8, 4) is 0 Å². The first kappa shape index (κ1) is 10.0. The highest BCUT2D eigenvalue weighted by molar-refractivity contribution is 4.70. The molecule has 2 atom stereocenters. The molecular weight excluding hydrogens is 150 g/mol. The summed E-state index contributed by atoms with van der Waals surface area (Å²) in [5.74, 6) is 0. The number of hydrogen-bond donors (Lipinski definition) is 1. The molecule has 1 heterocycles. The molecule has 0 spiro atoms. The van der Waals surface area contributed by atoms with Gasteiger partial charge in [-0.2, -0.15) is 0 Å². The Morgan fingerprint density at radius 2 is 2.25 bits per heavy atom. The molecule has 1 rings (SSSR count). The van der Waals surface area contributed by atoms with Crippen LogP contribution in [0.15, 0.2) is 0 Å². The van der Waals surface area contributed by atoms with E-state index in [1.165, 1.54) is 25.7 Å². The summed E-state index contributed by atoms with van der Waals surface area (Å²) >= 11 is 0. The Morgan fingerprint density at radius 3 is 2.83 bits per heavy atom. The second kappa shape index (κ2) is 5.55. The van der Waals surface area contributed by atoms with Crippen molar-refractivity contribution in [2.45, 2.75) is 51.7 Å². The maximum absolute atomic E-state index is 5.71. The molecule has 0 aromatic heterocycles. The second-order valence-electron chi connectivity index (χ2n) is 3.64. The van der Waals surface area contributed by atoms with Crippen molar-refractivity contribution in [3.05, 3.63) is 0 Å². The number of hydrogen-bond acceptors (Lipinski definition) is 2. The van der Waals surface area contributed by atoms with Gasteiger partial charge in [-0.3, -0.25) is 0 Å². The van der Waals surface area contributed by atoms with Gasteiger partial charge in [0, 0.05) is 0 Å². The molecule has 2 heteroatoms. The molecule has 2 unspecified atom stereocenters. The Kier molecular flexibility index (Phi) is 4.62. The quantitative estimate of drug-likeness (QED) is 0.638. The topological polar surface area (TPSA) is 21.3 Å². The minimum atomic E-state index is 0.508. The summed E-state index contributed by atoms with van der Waals surface area (Å²) in [5, 5.41) is 3.33. The Hall–Kier alpha value is -0.0800. The summed E-state index contributed by atoms with van der Waals surface area (Å²) < 4.78 is 5.71. The van der Waals surface area contributed by atoms with Gasteiger partial charge in [-0.25, -0.2) is 0 Å². The van der Waals surface area contributed by atoms with E-state index in [1.54, 1.807) is 0 Å². The van der Waals surface area contributed by atoms with Gasteiger partial charge in [-0.15, -0.1) is 0 Å². The van der Waals surface area contributed by atoms with Crippen molar-refractivity contribution in [1.29, 1.82) is 0 Å². The minimum Gasteiger partial charge on any atom is -0.375 e. The van der Waals surface area contributed by atoms with Crippen LogP contribution in [0.25, 0.3) is 0 Å². The fourth-order valence-electron chi connectivity index (χ4n) is 1.73. The standard InChI is InChI=1S/C10H21NO/c1-3-11-8-4-5-10-7-6-9(2)12-10/h9-11H,3-8H2,1-2H3. The van der Waals surface area contributed by atoms with Crippen LogP contribution in [0.5, 0.6) is 0 Å². The van der Waals surface area contributed by atoms with Crippen LogP contribution >= 0.6 is 0 Å². The first-order chi connectivity index (χ1) is 5.83. The van der Waals surface area contributed by atoms with E-state index in [2.05, 4.69) is 19.2 Å². The molecule has 0 radical (unpaired) electrons. The molecule has 1 aliphatic heterocycles. The molecule has 1 saturated heterocycles. The van der Waals surface area contributed by atoms with Gasteiger partial charge in [-0.1, -0.05) is 6.92 Å². The van der Waals surface area contributed by atoms with Gasteiger partial charge in [0.15, 0.2) is 0 Å². The van der Waals surface area contributed by atoms with Crippen LogP contribution in [-0.4, -0.2) is 25.3 Å². The summed E-state index contributed by atoms with van der Waals surface area (Å²) in [5.41, 5.74) is 0. The molecule has 1 N–H and O–H groups in total. The monoisotopic (exact) mass is 171 g/mol. The summed E-state index contributed by atoms with van der Waals surface area (Å²) in [7, 11) is 0. The number of nitrogens with one attached hydrogen (secondary N) is 1. The van der Waals surface area contributed by atoms with Gasteiger partial charge in [0.2, 0.25) is 0 Å². The Morgan fingerprint density at radius 1 is 1.42 bits per heavy atom. The van der Waals surface area contributed by atoms with Crippen LogP contribution in [0.1, 0.15) is 39.5 Å². The highest BCUT2D eigenvalue weighted by Gasteiger charge is 2.20. The zero-order chi connectivity index (χ0) is 8.81. The van der Waals surface area contributed by atoms with E-state index in [-0.39, 0.29) is 0 Å². The first-order valence-corrected chi connectivity index (χ1v) is 5.19. The van der Waals surface area contributed by atoms with Crippen LogP contribution < -0.4 is 5.32 Å². The molecule has 72 valence electrons. The van der Waals surface area contributed by atoms with Crippen molar-refractivity contribution < 1.29 is 4.74 Å². The molecule has 0 bridgehead atoms. The normalized spacial score (nSPS) is 29.5. The molecule has 0 saturated carbocycles. The van der Waals surface area contributed by atoms with E-state index >= 15 is 0 Å². The van der Waals surface area contributed by atoms with Crippen LogP contribution in [-0.2, 0) is 4.74 Å². The van der Waals surface area contributed by atoms with Gasteiger partial charge in [-0.05, 0) is 45.7 Å². The maximum Gasteiger partial charge on any atom is 0.0580 e. The molecule has 0 aromatic rings. The first-order valence-electron chi connectivity index (χ1n) is 5.19. The minimum absolute atomic E-state index is 0.508. The average Bonchev–Trinajstić information content (AvgIpc) is 2.45. The highest BCUT2D eigenvalue weighted by atomic mass is 16.5. The van der Waals surface area contributed by atoms with E-state index < -0.39 is 0 Å². The van der Waals surface area contributed by atoms with Crippen LogP contribution in [0.3, 0.4) is 0 Å². The Bertz CT molecular complexity index is 116. The van der Waals surface area contributed by atoms with Gasteiger partial charge >= 0.3 is 0 Å². The predicted molar refractivity (Wildman–Crippen MR) is 51.3 cm³/mol. The van der Waals surface area contributed by atoms with Crippen LogP contribution in [0.2, 0.25) is 0 Å². The number of ether oxygens (including phenoxy) is 1. The molecular formula is C10H21NO. The molecule has 0 aliphatic carbocycles. The van der Waals surface area contributed by atoms with Crippen molar-refractivity contribution in [3.63, 3.8) is 0 Å². The fourth-order valence-corrected chi connectivity index (χ4v) is 1.73. The van der Waals surface area contributed by atoms with Gasteiger partial charge in [0.1, 0.15) is 0 Å². The molecule has 2 nitrogen and oxygen atoms in total. The van der Waals surface area contributed by atoms with E-state index in [0.717, 1.165) is 13.1 Å². The van der Waals surface area contributed by atoms with E-state index in [1.807, 2.05) is 0 Å². The molecule has 12 heavy (non-hydrogen) atoms. The molecule has 1 fully saturated rings. The number of rotatable bonds is 5. The van der Waals surface area contributed by atoms with Crippen molar-refractivity contribution in [1.82, 2.24) is 5.32 Å². The third-order valence-corrected chi connectivity index (χ3v) is 2.45. The largest absolute Gasteiger partial charge is 0.375 e. The second-order valence-corrected chi connectivity index (χ2v) is 3.64. The van der Waals surface area contributed by atoms with Gasteiger partial charge in [0.05, 0.1) is 12.2 Å². The Labute approximate surface area is 75.7 Å². The lowest BCUT2D eigenvalue weighted by atomic mass is 10.1. The zero-order valence-corrected chi connectivity index (χ0v) is 8.31. The third kappa shape index (κ3) is 3.55. The lowest BCUT2D eigenvalue weighted by Gasteiger charge is -2.10. The average molecular weight is 171 g/mol. The SMILES string of the molecule is CCNCCCC1CCC(C)O1. The molecule has 0 amide bonds. The molecule has 1 aliphatic rings. The predicted octanol–water partition coefficient (Wildman–Crippen LogP) is 1.94.